The fourth-order valence-corrected chi connectivity index (χ4v) is 4.72. The van der Waals surface area contributed by atoms with Gasteiger partial charge in [-0.1, -0.05) is 66.2 Å². The van der Waals surface area contributed by atoms with Crippen molar-refractivity contribution in [2.75, 3.05) is 16.9 Å². The van der Waals surface area contributed by atoms with E-state index in [4.69, 9.17) is 33.3 Å². The summed E-state index contributed by atoms with van der Waals surface area (Å²) < 4.78 is 11.5. The number of anilines is 2. The first-order valence-corrected chi connectivity index (χ1v) is 12.9. The van der Waals surface area contributed by atoms with Crippen LogP contribution in [0.2, 0.25) is 5.02 Å². The molecule has 0 saturated carbocycles. The number of ether oxygens (including phenoxy) is 2. The molecule has 4 aromatic carbocycles. The Morgan fingerprint density at radius 2 is 1.36 bits per heavy atom. The van der Waals surface area contributed by atoms with Gasteiger partial charge in [-0.25, -0.2) is 0 Å². The number of benzene rings is 4. The number of rotatable bonds is 7. The lowest BCUT2D eigenvalue weighted by Crippen LogP contribution is -2.56. The standard InChI is InChI=1S/C31H23ClN2O4S/c1-37-25-17-16-21(28(19-25)38-20-22-10-8-9-15-27(22)32)18-26-29(35)33(23-11-4-2-5-12-23)31(39)34(30(26)36)24-13-6-3-7-14-24/h2-19H,20H2,1H3. The second-order valence-electron chi connectivity index (χ2n) is 8.58. The molecule has 0 atom stereocenters. The highest BCUT2D eigenvalue weighted by Crippen LogP contribution is 2.33. The summed E-state index contributed by atoms with van der Waals surface area (Å²) in [6.45, 7) is 0.182. The van der Waals surface area contributed by atoms with Gasteiger partial charge in [-0.15, -0.1) is 0 Å². The molecule has 39 heavy (non-hydrogen) atoms. The molecule has 0 bridgehead atoms. The van der Waals surface area contributed by atoms with Crippen LogP contribution in [-0.4, -0.2) is 24.0 Å². The van der Waals surface area contributed by atoms with Crippen LogP contribution >= 0.6 is 23.8 Å². The predicted molar refractivity (Wildman–Crippen MR) is 157 cm³/mol. The van der Waals surface area contributed by atoms with Crippen molar-refractivity contribution in [3.05, 3.63) is 125 Å². The molecule has 0 aliphatic carbocycles. The van der Waals surface area contributed by atoms with Crippen molar-refractivity contribution in [3.8, 4) is 11.5 Å². The van der Waals surface area contributed by atoms with Gasteiger partial charge in [-0.2, -0.15) is 0 Å². The molecule has 0 spiro atoms. The summed E-state index contributed by atoms with van der Waals surface area (Å²) in [5.74, 6) is -0.0776. The number of nitrogens with zero attached hydrogens (tertiary/aromatic N) is 2. The number of thiocarbonyl (C=S) groups is 1. The van der Waals surface area contributed by atoms with Crippen molar-refractivity contribution in [3.63, 3.8) is 0 Å². The molecule has 0 N–H and O–H groups in total. The zero-order valence-electron chi connectivity index (χ0n) is 20.9. The smallest absolute Gasteiger partial charge is 0.270 e. The summed E-state index contributed by atoms with van der Waals surface area (Å²) in [6.07, 6.45) is 1.53. The molecule has 1 saturated heterocycles. The van der Waals surface area contributed by atoms with Crippen LogP contribution in [0.5, 0.6) is 11.5 Å². The Hall–Kier alpha value is -4.46. The number of carbonyl (C=O) groups is 2. The van der Waals surface area contributed by atoms with E-state index in [0.29, 0.717) is 33.5 Å². The van der Waals surface area contributed by atoms with Crippen LogP contribution < -0.4 is 19.3 Å². The Labute approximate surface area is 236 Å². The number of hydrogen-bond donors (Lipinski definition) is 0. The van der Waals surface area contributed by atoms with Crippen molar-refractivity contribution in [2.45, 2.75) is 6.61 Å². The molecule has 194 valence electrons. The second kappa shape index (κ2) is 11.5. The van der Waals surface area contributed by atoms with Crippen LogP contribution in [0.15, 0.2) is 109 Å². The SMILES string of the molecule is COc1ccc(C=C2C(=O)N(c3ccccc3)C(=S)N(c3ccccc3)C2=O)c(OCc2ccccc2Cl)c1. The molecule has 0 aromatic heterocycles. The van der Waals surface area contributed by atoms with Crippen LogP contribution in [0.1, 0.15) is 11.1 Å². The Morgan fingerprint density at radius 3 is 1.92 bits per heavy atom. The zero-order chi connectivity index (χ0) is 27.4. The number of hydrogen-bond acceptors (Lipinski definition) is 5. The van der Waals surface area contributed by atoms with E-state index in [1.54, 1.807) is 55.6 Å². The van der Waals surface area contributed by atoms with E-state index in [9.17, 15) is 9.59 Å². The van der Waals surface area contributed by atoms with Crippen molar-refractivity contribution < 1.29 is 19.1 Å². The maximum Gasteiger partial charge on any atom is 0.270 e. The van der Waals surface area contributed by atoms with Crippen LogP contribution in [0.25, 0.3) is 6.08 Å². The summed E-state index contributed by atoms with van der Waals surface area (Å²) >= 11 is 12.0. The summed E-state index contributed by atoms with van der Waals surface area (Å²) in [5, 5.41) is 0.646. The Morgan fingerprint density at radius 1 is 0.795 bits per heavy atom. The summed E-state index contributed by atoms with van der Waals surface area (Å²) in [6, 6.07) is 30.5. The van der Waals surface area contributed by atoms with Gasteiger partial charge in [-0.3, -0.25) is 19.4 Å². The Kier molecular flexibility index (Phi) is 7.72. The van der Waals surface area contributed by atoms with Gasteiger partial charge in [0.1, 0.15) is 23.7 Å². The molecule has 8 heteroatoms. The summed E-state index contributed by atoms with van der Waals surface area (Å²) in [4.78, 5) is 30.4. The van der Waals surface area contributed by atoms with E-state index >= 15 is 0 Å². The highest BCUT2D eigenvalue weighted by atomic mass is 35.5. The third-order valence-electron chi connectivity index (χ3n) is 6.14. The summed E-state index contributed by atoms with van der Waals surface area (Å²) in [7, 11) is 1.55. The molecular formula is C31H23ClN2O4S. The highest BCUT2D eigenvalue weighted by Gasteiger charge is 2.41. The normalized spacial score (nSPS) is 13.5. The van der Waals surface area contributed by atoms with Crippen molar-refractivity contribution >= 4 is 58.2 Å². The summed E-state index contributed by atoms with van der Waals surface area (Å²) in [5.41, 5.74) is 2.35. The maximum atomic E-state index is 13.8. The van der Waals surface area contributed by atoms with E-state index in [2.05, 4.69) is 0 Å². The molecule has 6 nitrogen and oxygen atoms in total. The molecule has 1 heterocycles. The van der Waals surface area contributed by atoms with Gasteiger partial charge in [0.2, 0.25) is 0 Å². The second-order valence-corrected chi connectivity index (χ2v) is 9.35. The van der Waals surface area contributed by atoms with Gasteiger partial charge < -0.3 is 9.47 Å². The van der Waals surface area contributed by atoms with E-state index in [-0.39, 0.29) is 17.3 Å². The number of para-hydroxylation sites is 2. The van der Waals surface area contributed by atoms with Crippen LogP contribution in [0, 0.1) is 0 Å². The monoisotopic (exact) mass is 554 g/mol. The molecule has 1 fully saturated rings. The number of carbonyl (C=O) groups excluding carboxylic acids is 2. The van der Waals surface area contributed by atoms with Gasteiger partial charge in [0.15, 0.2) is 5.11 Å². The molecule has 4 aromatic rings. The predicted octanol–water partition coefficient (Wildman–Crippen LogP) is 6.68. The first-order valence-electron chi connectivity index (χ1n) is 12.1. The topological polar surface area (TPSA) is 59.1 Å². The lowest BCUT2D eigenvalue weighted by Gasteiger charge is -2.36. The first kappa shape index (κ1) is 26.2. The minimum absolute atomic E-state index is 0.0657. The molecular weight excluding hydrogens is 532 g/mol. The zero-order valence-corrected chi connectivity index (χ0v) is 22.5. The molecule has 1 aliphatic heterocycles. The van der Waals surface area contributed by atoms with Gasteiger partial charge in [0.05, 0.1) is 18.5 Å². The van der Waals surface area contributed by atoms with Gasteiger partial charge in [0.25, 0.3) is 11.8 Å². The minimum atomic E-state index is -0.531. The molecule has 2 amide bonds. The lowest BCUT2D eigenvalue weighted by atomic mass is 10.0. The largest absolute Gasteiger partial charge is 0.497 e. The minimum Gasteiger partial charge on any atom is -0.497 e. The number of amides is 2. The highest BCUT2D eigenvalue weighted by molar-refractivity contribution is 7.81. The van der Waals surface area contributed by atoms with E-state index in [0.717, 1.165) is 5.56 Å². The van der Waals surface area contributed by atoms with Gasteiger partial charge in [-0.05, 0) is 60.8 Å². The van der Waals surface area contributed by atoms with Crippen molar-refractivity contribution in [1.82, 2.24) is 0 Å². The lowest BCUT2D eigenvalue weighted by molar-refractivity contribution is -0.120. The third kappa shape index (κ3) is 5.41. The molecule has 0 unspecified atom stereocenters. The third-order valence-corrected chi connectivity index (χ3v) is 6.87. The molecule has 0 radical (unpaired) electrons. The van der Waals surface area contributed by atoms with E-state index in [1.165, 1.54) is 15.9 Å². The van der Waals surface area contributed by atoms with Gasteiger partial charge in [0, 0.05) is 22.2 Å². The van der Waals surface area contributed by atoms with E-state index < -0.39 is 11.8 Å². The Bertz CT molecular complexity index is 1510. The average molecular weight is 555 g/mol. The molecule has 1 aliphatic rings. The van der Waals surface area contributed by atoms with Crippen LogP contribution in [0.4, 0.5) is 11.4 Å². The van der Waals surface area contributed by atoms with Crippen LogP contribution in [-0.2, 0) is 16.2 Å². The number of halogens is 1. The van der Waals surface area contributed by atoms with Crippen LogP contribution in [0.3, 0.4) is 0 Å². The fourth-order valence-electron chi connectivity index (χ4n) is 4.15. The van der Waals surface area contributed by atoms with Crippen molar-refractivity contribution in [2.24, 2.45) is 0 Å². The Balaban J connectivity index is 1.59. The molecule has 5 rings (SSSR count). The average Bonchev–Trinajstić information content (AvgIpc) is 2.96. The van der Waals surface area contributed by atoms with Gasteiger partial charge >= 0.3 is 0 Å². The van der Waals surface area contributed by atoms with Crippen molar-refractivity contribution in [1.29, 1.82) is 0 Å². The number of methoxy groups -OCH3 is 1. The quantitative estimate of drug-likeness (QED) is 0.145. The van der Waals surface area contributed by atoms with E-state index in [1.807, 2.05) is 54.6 Å². The first-order chi connectivity index (χ1) is 19.0. The maximum absolute atomic E-state index is 13.8. The fraction of sp³-hybridized carbons (Fsp3) is 0.0645.